The predicted octanol–water partition coefficient (Wildman–Crippen LogP) is 5.46. The zero-order valence-electron chi connectivity index (χ0n) is 14.8. The van der Waals surface area contributed by atoms with Gasteiger partial charge >= 0.3 is 0 Å². The highest BCUT2D eigenvalue weighted by Gasteiger charge is 2.32. The summed E-state index contributed by atoms with van der Waals surface area (Å²) in [7, 11) is 0. The van der Waals surface area contributed by atoms with Crippen LogP contribution >= 0.6 is 0 Å². The van der Waals surface area contributed by atoms with E-state index in [1.54, 1.807) is 0 Å². The molecule has 124 valence electrons. The number of hydrogen-bond acceptors (Lipinski definition) is 1. The van der Waals surface area contributed by atoms with E-state index < -0.39 is 0 Å². The third-order valence-electron chi connectivity index (χ3n) is 4.76. The molecule has 0 radical (unpaired) electrons. The molecule has 1 aliphatic carbocycles. The summed E-state index contributed by atoms with van der Waals surface area (Å²) in [5, 5.41) is 3.28. The Morgan fingerprint density at radius 3 is 2.29 bits per heavy atom. The second-order valence-electron chi connectivity index (χ2n) is 8.05. The second-order valence-corrected chi connectivity index (χ2v) is 8.05. The zero-order chi connectivity index (χ0) is 15.7. The van der Waals surface area contributed by atoms with Gasteiger partial charge in [0.15, 0.2) is 0 Å². The van der Waals surface area contributed by atoms with E-state index in [2.05, 4.69) is 33.0 Å². The lowest BCUT2D eigenvalue weighted by molar-refractivity contribution is -0.122. The van der Waals surface area contributed by atoms with Crippen LogP contribution in [0.1, 0.15) is 98.3 Å². The molecule has 0 aromatic rings. The van der Waals surface area contributed by atoms with Crippen molar-refractivity contribution in [1.82, 2.24) is 5.32 Å². The fourth-order valence-electron chi connectivity index (χ4n) is 4.00. The van der Waals surface area contributed by atoms with Gasteiger partial charge in [-0.05, 0) is 37.0 Å². The smallest absolute Gasteiger partial charge is 0.220 e. The van der Waals surface area contributed by atoms with E-state index in [1.807, 2.05) is 0 Å². The van der Waals surface area contributed by atoms with Gasteiger partial charge in [0.1, 0.15) is 0 Å². The Bertz CT molecular complexity index is 298. The Morgan fingerprint density at radius 1 is 1.05 bits per heavy atom. The van der Waals surface area contributed by atoms with Gasteiger partial charge in [0.25, 0.3) is 0 Å². The average molecular weight is 296 g/mol. The molecule has 1 rings (SSSR count). The Kier molecular flexibility index (Phi) is 8.36. The van der Waals surface area contributed by atoms with Crippen molar-refractivity contribution in [3.05, 3.63) is 0 Å². The number of nitrogens with one attached hydrogen (secondary N) is 1. The van der Waals surface area contributed by atoms with Crippen molar-refractivity contribution in [1.29, 1.82) is 0 Å². The molecule has 0 aromatic carbocycles. The molecular weight excluding hydrogens is 258 g/mol. The summed E-state index contributed by atoms with van der Waals surface area (Å²) < 4.78 is 0. The Morgan fingerprint density at radius 2 is 1.67 bits per heavy atom. The van der Waals surface area contributed by atoms with Crippen LogP contribution < -0.4 is 5.32 Å². The molecule has 0 heterocycles. The van der Waals surface area contributed by atoms with Gasteiger partial charge in [0.2, 0.25) is 5.91 Å². The van der Waals surface area contributed by atoms with E-state index in [9.17, 15) is 4.79 Å². The molecule has 1 N–H and O–H groups in total. The van der Waals surface area contributed by atoms with E-state index >= 15 is 0 Å². The predicted molar refractivity (Wildman–Crippen MR) is 91.3 cm³/mol. The van der Waals surface area contributed by atoms with Crippen LogP contribution in [0.5, 0.6) is 0 Å². The van der Waals surface area contributed by atoms with Crippen LogP contribution in [0.15, 0.2) is 0 Å². The number of unbranched alkanes of at least 4 members (excludes halogenated alkanes) is 6. The van der Waals surface area contributed by atoms with Crippen LogP contribution in [0.25, 0.3) is 0 Å². The van der Waals surface area contributed by atoms with Crippen molar-refractivity contribution in [3.8, 4) is 0 Å². The summed E-state index contributed by atoms with van der Waals surface area (Å²) in [6, 6.07) is 0.404. The maximum absolute atomic E-state index is 12.1. The maximum atomic E-state index is 12.1. The van der Waals surface area contributed by atoms with Crippen LogP contribution in [-0.4, -0.2) is 11.9 Å². The van der Waals surface area contributed by atoms with Gasteiger partial charge in [-0.25, -0.2) is 0 Å². The second kappa shape index (κ2) is 9.48. The molecule has 0 saturated heterocycles. The summed E-state index contributed by atoms with van der Waals surface area (Å²) in [5.41, 5.74) is 0.384. The minimum absolute atomic E-state index is 0.276. The van der Waals surface area contributed by atoms with Gasteiger partial charge in [-0.2, -0.15) is 0 Å². The van der Waals surface area contributed by atoms with Crippen LogP contribution in [0.4, 0.5) is 0 Å². The van der Waals surface area contributed by atoms with Crippen LogP contribution in [0.3, 0.4) is 0 Å². The lowest BCUT2D eigenvalue weighted by Gasteiger charge is -2.39. The SMILES string of the molecule is CCCCCCCCCC(=O)NC1CC(C)CC(C)(C)C1. The summed E-state index contributed by atoms with van der Waals surface area (Å²) >= 11 is 0. The van der Waals surface area contributed by atoms with Crippen molar-refractivity contribution in [2.45, 2.75) is 104 Å². The fraction of sp³-hybridized carbons (Fsp3) is 0.947. The molecule has 0 aromatic heterocycles. The molecule has 1 aliphatic rings. The Balaban J connectivity index is 2.10. The minimum Gasteiger partial charge on any atom is -0.353 e. The third kappa shape index (κ3) is 8.48. The monoisotopic (exact) mass is 295 g/mol. The molecular formula is C19H37NO. The number of amides is 1. The lowest BCUT2D eigenvalue weighted by Crippen LogP contribution is -2.42. The normalized spacial score (nSPS) is 24.8. The summed E-state index contributed by atoms with van der Waals surface area (Å²) in [4.78, 5) is 12.1. The average Bonchev–Trinajstić information content (AvgIpc) is 2.35. The largest absolute Gasteiger partial charge is 0.353 e. The maximum Gasteiger partial charge on any atom is 0.220 e. The van der Waals surface area contributed by atoms with E-state index in [1.165, 1.54) is 44.9 Å². The van der Waals surface area contributed by atoms with Crippen molar-refractivity contribution in [2.75, 3.05) is 0 Å². The molecule has 1 amide bonds. The van der Waals surface area contributed by atoms with E-state index in [-0.39, 0.29) is 5.91 Å². The van der Waals surface area contributed by atoms with Crippen LogP contribution in [0.2, 0.25) is 0 Å². The lowest BCUT2D eigenvalue weighted by atomic mass is 9.70. The standard InChI is InChI=1S/C19H37NO/c1-5-6-7-8-9-10-11-12-18(21)20-17-13-16(2)14-19(3,4)15-17/h16-17H,5-15H2,1-4H3,(H,20,21). The molecule has 1 fully saturated rings. The van der Waals surface area contributed by atoms with Crippen LogP contribution in [-0.2, 0) is 4.79 Å². The van der Waals surface area contributed by atoms with Crippen molar-refractivity contribution in [2.24, 2.45) is 11.3 Å². The molecule has 2 nitrogen and oxygen atoms in total. The summed E-state index contributed by atoms with van der Waals surface area (Å²) in [5.74, 6) is 1.01. The highest BCUT2D eigenvalue weighted by atomic mass is 16.1. The van der Waals surface area contributed by atoms with Crippen molar-refractivity contribution >= 4 is 5.91 Å². The van der Waals surface area contributed by atoms with E-state index in [0.29, 0.717) is 11.5 Å². The highest BCUT2D eigenvalue weighted by Crippen LogP contribution is 2.38. The first kappa shape index (κ1) is 18.5. The highest BCUT2D eigenvalue weighted by molar-refractivity contribution is 5.76. The molecule has 0 aliphatic heterocycles. The third-order valence-corrected chi connectivity index (χ3v) is 4.76. The Hall–Kier alpha value is -0.530. The van der Waals surface area contributed by atoms with Crippen molar-refractivity contribution in [3.63, 3.8) is 0 Å². The molecule has 21 heavy (non-hydrogen) atoms. The molecule has 0 bridgehead atoms. The minimum atomic E-state index is 0.276. The summed E-state index contributed by atoms with van der Waals surface area (Å²) in [6.45, 7) is 9.23. The molecule has 2 atom stereocenters. The van der Waals surface area contributed by atoms with Gasteiger partial charge in [-0.1, -0.05) is 66.2 Å². The number of rotatable bonds is 9. The molecule has 0 spiro atoms. The van der Waals surface area contributed by atoms with Gasteiger partial charge in [0.05, 0.1) is 0 Å². The van der Waals surface area contributed by atoms with Crippen LogP contribution in [0, 0.1) is 11.3 Å². The number of hydrogen-bond donors (Lipinski definition) is 1. The van der Waals surface area contributed by atoms with Crippen molar-refractivity contribution < 1.29 is 4.79 Å². The van der Waals surface area contributed by atoms with E-state index in [0.717, 1.165) is 31.6 Å². The Labute approximate surface area is 132 Å². The molecule has 1 saturated carbocycles. The molecule has 2 unspecified atom stereocenters. The fourth-order valence-corrected chi connectivity index (χ4v) is 4.00. The summed E-state index contributed by atoms with van der Waals surface area (Å²) in [6.07, 6.45) is 13.2. The van der Waals surface area contributed by atoms with Gasteiger partial charge in [-0.15, -0.1) is 0 Å². The first-order valence-electron chi connectivity index (χ1n) is 9.22. The quantitative estimate of drug-likeness (QED) is 0.562. The van der Waals surface area contributed by atoms with Gasteiger partial charge < -0.3 is 5.32 Å². The topological polar surface area (TPSA) is 29.1 Å². The van der Waals surface area contributed by atoms with Gasteiger partial charge in [-0.3, -0.25) is 4.79 Å². The van der Waals surface area contributed by atoms with Gasteiger partial charge in [0, 0.05) is 12.5 Å². The number of carbonyl (C=O) groups excluding carboxylic acids is 1. The number of carbonyl (C=O) groups is 1. The first-order chi connectivity index (χ1) is 9.93. The van der Waals surface area contributed by atoms with E-state index in [4.69, 9.17) is 0 Å². The zero-order valence-corrected chi connectivity index (χ0v) is 14.8. The molecule has 2 heteroatoms. The first-order valence-corrected chi connectivity index (χ1v) is 9.22.